The highest BCUT2D eigenvalue weighted by Gasteiger charge is 2.44. The Kier molecular flexibility index (Phi) is 22.9. The standard InChI is InChI=1S/C52H82N6O10/c1-15-33(7)45(41(66-13)29-42(59)58-28-20-23-40(58)47(67-14)35(9)49(62)53-36(10)46(60)38-21-18-17-19-22-38)56(11)51(64)43(31(3)4)55-50(63)44(32(5)6)57(12)52(65)68-30-37-24-26-39(27-25-37)54-48(61)34(8)16-2/h17-19,21-22,24-27,31-36,40-41,43-47,60H,15-16,20,23,28-30H2,1-14H3,(H,53,62)(H,54,61)(H,55,63)/t33-,34-,35?,36?,40-,41?,43-,44?,45?,46?,47?/m0/s1. The van der Waals surface area contributed by atoms with Gasteiger partial charge in [0.15, 0.2) is 0 Å². The van der Waals surface area contributed by atoms with Crippen LogP contribution in [0, 0.1) is 29.6 Å². The van der Waals surface area contributed by atoms with E-state index in [1.165, 1.54) is 26.2 Å². The first-order valence-corrected chi connectivity index (χ1v) is 24.4. The van der Waals surface area contributed by atoms with Crippen LogP contribution < -0.4 is 16.0 Å². The van der Waals surface area contributed by atoms with Gasteiger partial charge in [-0.3, -0.25) is 28.9 Å². The maximum atomic E-state index is 14.6. The van der Waals surface area contributed by atoms with Crippen LogP contribution in [0.15, 0.2) is 54.6 Å². The van der Waals surface area contributed by atoms with Crippen molar-refractivity contribution in [2.45, 2.75) is 156 Å². The number of amides is 6. The minimum Gasteiger partial charge on any atom is -0.445 e. The molecule has 16 heteroatoms. The molecule has 2 aromatic rings. The number of carbonyl (C=O) groups excluding carboxylic acids is 6. The first-order chi connectivity index (χ1) is 32.1. The normalized spacial score (nSPS) is 18.2. The number of carbonyl (C=O) groups is 6. The fourth-order valence-corrected chi connectivity index (χ4v) is 9.07. The van der Waals surface area contributed by atoms with Crippen molar-refractivity contribution in [1.29, 1.82) is 0 Å². The fourth-order valence-electron chi connectivity index (χ4n) is 9.07. The molecule has 1 aliphatic rings. The van der Waals surface area contributed by atoms with E-state index in [2.05, 4.69) is 16.0 Å². The van der Waals surface area contributed by atoms with Crippen molar-refractivity contribution in [3.63, 3.8) is 0 Å². The first-order valence-electron chi connectivity index (χ1n) is 24.4. The zero-order valence-corrected chi connectivity index (χ0v) is 43.1. The molecule has 68 heavy (non-hydrogen) atoms. The highest BCUT2D eigenvalue weighted by atomic mass is 16.6. The average Bonchev–Trinajstić information content (AvgIpc) is 3.81. The van der Waals surface area contributed by atoms with E-state index in [9.17, 15) is 33.9 Å². The molecule has 0 bridgehead atoms. The minimum atomic E-state index is -0.980. The third-order valence-corrected chi connectivity index (χ3v) is 13.7. The SMILES string of the molecule is CC[C@H](C)C(=O)Nc1ccc(COC(=O)N(C)C(C(=O)N[C@H](C(=O)N(C)C(C(CC(=O)N2CCC[C@H]2C(OC)C(C)C(=O)NC(C)C(O)c2ccccc2)OC)[C@@H](C)CC)C(C)C)C(C)C)cc1. The molecule has 1 heterocycles. The third-order valence-electron chi connectivity index (χ3n) is 13.7. The number of aliphatic hydroxyl groups excluding tert-OH is 1. The van der Waals surface area contributed by atoms with E-state index < -0.39 is 66.4 Å². The Labute approximate surface area is 405 Å². The molecule has 2 aromatic carbocycles. The van der Waals surface area contributed by atoms with Crippen molar-refractivity contribution in [3.05, 3.63) is 65.7 Å². The van der Waals surface area contributed by atoms with Crippen LogP contribution in [0.4, 0.5) is 10.5 Å². The van der Waals surface area contributed by atoms with Crippen LogP contribution in [0.5, 0.6) is 0 Å². The molecular weight excluding hydrogens is 869 g/mol. The van der Waals surface area contributed by atoms with Crippen molar-refractivity contribution in [3.8, 4) is 0 Å². The lowest BCUT2D eigenvalue weighted by Crippen LogP contribution is -2.60. The molecule has 3 rings (SSSR count). The first kappa shape index (κ1) is 57.3. The molecule has 0 saturated carbocycles. The molecule has 0 spiro atoms. The monoisotopic (exact) mass is 951 g/mol. The van der Waals surface area contributed by atoms with Gasteiger partial charge < -0.3 is 45.1 Å². The lowest BCUT2D eigenvalue weighted by atomic mass is 9.89. The number of hydrogen-bond acceptors (Lipinski definition) is 10. The summed E-state index contributed by atoms with van der Waals surface area (Å²) in [7, 11) is 6.22. The van der Waals surface area contributed by atoms with Crippen LogP contribution >= 0.6 is 0 Å². The summed E-state index contributed by atoms with van der Waals surface area (Å²) in [4.78, 5) is 87.0. The van der Waals surface area contributed by atoms with Gasteiger partial charge in [-0.05, 0) is 67.2 Å². The van der Waals surface area contributed by atoms with E-state index in [1.54, 1.807) is 67.1 Å². The predicted octanol–water partition coefficient (Wildman–Crippen LogP) is 6.56. The number of benzene rings is 2. The highest BCUT2D eigenvalue weighted by molar-refractivity contribution is 5.93. The van der Waals surface area contributed by atoms with Crippen LogP contribution in [0.2, 0.25) is 0 Å². The van der Waals surface area contributed by atoms with Gasteiger partial charge in [0.1, 0.15) is 18.7 Å². The number of rotatable bonds is 25. The average molecular weight is 951 g/mol. The van der Waals surface area contributed by atoms with Gasteiger partial charge in [-0.25, -0.2) is 4.79 Å². The largest absolute Gasteiger partial charge is 0.445 e. The molecular formula is C52H82N6O10. The second kappa shape index (κ2) is 27.2. The van der Waals surface area contributed by atoms with Crippen molar-refractivity contribution >= 4 is 41.3 Å². The number of nitrogens with zero attached hydrogens (tertiary/aromatic N) is 3. The van der Waals surface area contributed by atoms with Gasteiger partial charge in [-0.1, -0.05) is 111 Å². The zero-order valence-electron chi connectivity index (χ0n) is 43.1. The molecule has 11 atom stereocenters. The van der Waals surface area contributed by atoms with Crippen molar-refractivity contribution in [1.82, 2.24) is 25.3 Å². The van der Waals surface area contributed by atoms with Gasteiger partial charge in [0.05, 0.1) is 48.8 Å². The smallest absolute Gasteiger partial charge is 0.410 e. The summed E-state index contributed by atoms with van der Waals surface area (Å²) in [6, 6.07) is 12.6. The van der Waals surface area contributed by atoms with Crippen LogP contribution in [0.25, 0.3) is 0 Å². The Bertz CT molecular complexity index is 1930. The summed E-state index contributed by atoms with van der Waals surface area (Å²) in [5.74, 6) is -3.04. The van der Waals surface area contributed by atoms with Gasteiger partial charge in [0.2, 0.25) is 29.5 Å². The Hall–Kier alpha value is -5.06. The molecule has 0 aromatic heterocycles. The van der Waals surface area contributed by atoms with Crippen molar-refractivity contribution in [2.75, 3.05) is 40.2 Å². The van der Waals surface area contributed by atoms with Crippen molar-refractivity contribution < 1.29 is 48.1 Å². The third kappa shape index (κ3) is 15.2. The van der Waals surface area contributed by atoms with E-state index in [0.717, 1.165) is 6.42 Å². The molecule has 1 aliphatic heterocycles. The molecule has 380 valence electrons. The summed E-state index contributed by atoms with van der Waals surface area (Å²) >= 11 is 0. The number of ether oxygens (including phenoxy) is 3. The molecule has 4 N–H and O–H groups in total. The predicted molar refractivity (Wildman–Crippen MR) is 263 cm³/mol. The Morgan fingerprint density at radius 2 is 1.41 bits per heavy atom. The zero-order chi connectivity index (χ0) is 51.0. The second-order valence-electron chi connectivity index (χ2n) is 19.3. The molecule has 1 saturated heterocycles. The molecule has 1 fully saturated rings. The Morgan fingerprint density at radius 1 is 0.779 bits per heavy atom. The number of methoxy groups -OCH3 is 2. The highest BCUT2D eigenvalue weighted by Crippen LogP contribution is 2.30. The summed E-state index contributed by atoms with van der Waals surface area (Å²) < 4.78 is 17.6. The van der Waals surface area contributed by atoms with Gasteiger partial charge in [-0.15, -0.1) is 0 Å². The second-order valence-corrected chi connectivity index (χ2v) is 19.3. The lowest BCUT2D eigenvalue weighted by molar-refractivity contribution is -0.148. The van der Waals surface area contributed by atoms with Gasteiger partial charge >= 0.3 is 6.09 Å². The van der Waals surface area contributed by atoms with Crippen LogP contribution in [-0.4, -0.2) is 133 Å². The molecule has 16 nitrogen and oxygen atoms in total. The number of likely N-dealkylation sites (N-methyl/N-ethyl adjacent to an activating group) is 2. The molecule has 6 amide bonds. The van der Waals surface area contributed by atoms with Crippen LogP contribution in [0.3, 0.4) is 0 Å². The van der Waals surface area contributed by atoms with Crippen LogP contribution in [-0.2, 0) is 44.8 Å². The molecule has 0 radical (unpaired) electrons. The fraction of sp³-hybridized carbons (Fsp3) is 0.654. The van der Waals surface area contributed by atoms with Gasteiger partial charge in [-0.2, -0.15) is 0 Å². The maximum absolute atomic E-state index is 14.6. The summed E-state index contributed by atoms with van der Waals surface area (Å²) in [6.45, 7) is 19.0. The van der Waals surface area contributed by atoms with E-state index >= 15 is 0 Å². The lowest BCUT2D eigenvalue weighted by Gasteiger charge is -2.41. The number of nitrogens with one attached hydrogen (secondary N) is 3. The van der Waals surface area contributed by atoms with Crippen LogP contribution in [0.1, 0.15) is 119 Å². The summed E-state index contributed by atoms with van der Waals surface area (Å²) in [5, 5.41) is 19.7. The summed E-state index contributed by atoms with van der Waals surface area (Å²) in [6.07, 6.45) is -0.289. The maximum Gasteiger partial charge on any atom is 0.410 e. The number of hydrogen-bond donors (Lipinski definition) is 4. The van der Waals surface area contributed by atoms with E-state index in [0.29, 0.717) is 42.6 Å². The van der Waals surface area contributed by atoms with E-state index in [1.807, 2.05) is 73.6 Å². The number of likely N-dealkylation sites (tertiary alicyclic amines) is 1. The molecule has 7 unspecified atom stereocenters. The Morgan fingerprint density at radius 3 is 1.96 bits per heavy atom. The van der Waals surface area contributed by atoms with Crippen molar-refractivity contribution in [2.24, 2.45) is 29.6 Å². The number of aliphatic hydroxyl groups is 1. The Balaban J connectivity index is 1.73. The minimum absolute atomic E-state index is 0.0447. The van der Waals surface area contributed by atoms with E-state index in [-0.39, 0.29) is 60.3 Å². The topological polar surface area (TPSA) is 196 Å². The van der Waals surface area contributed by atoms with Gasteiger partial charge in [0.25, 0.3) is 0 Å². The van der Waals surface area contributed by atoms with E-state index in [4.69, 9.17) is 14.2 Å². The number of anilines is 1. The summed E-state index contributed by atoms with van der Waals surface area (Å²) in [5.41, 5.74) is 2.02. The quantitative estimate of drug-likeness (QED) is 0.0846. The molecule has 0 aliphatic carbocycles. The van der Waals surface area contributed by atoms with Gasteiger partial charge in [0, 0.05) is 46.5 Å².